The van der Waals surface area contributed by atoms with Crippen LogP contribution in [0.3, 0.4) is 0 Å². The summed E-state index contributed by atoms with van der Waals surface area (Å²) in [6.07, 6.45) is 3.01. The number of pyridine rings is 1. The molecule has 1 aliphatic rings. The first-order chi connectivity index (χ1) is 12.2. The van der Waals surface area contributed by atoms with Crippen molar-refractivity contribution >= 4 is 5.91 Å². The van der Waals surface area contributed by atoms with Gasteiger partial charge in [-0.25, -0.2) is 9.37 Å². The molecule has 0 spiro atoms. The molecule has 0 N–H and O–H groups in total. The lowest BCUT2D eigenvalue weighted by Crippen LogP contribution is -2.45. The highest BCUT2D eigenvalue weighted by molar-refractivity contribution is 5.79. The Morgan fingerprint density at radius 1 is 1.40 bits per heavy atom. The molecule has 2 heterocycles. The predicted octanol–water partition coefficient (Wildman–Crippen LogP) is 2.70. The lowest BCUT2D eigenvalue weighted by atomic mass is 10.1. The van der Waals surface area contributed by atoms with Gasteiger partial charge in [0.25, 0.3) is 0 Å². The third-order valence-corrected chi connectivity index (χ3v) is 4.18. The standard InChI is InChI=1S/C19H18FN3O2/c20-17-6-2-1-4-15(17)11-19(24)23-9-3-5-16(13-23)25-18-10-14(12-21)7-8-22-18/h1-2,4,6-8,10,16H,3,5,9,11,13H2/t16-/m1/s1. The van der Waals surface area contributed by atoms with Gasteiger partial charge in [-0.15, -0.1) is 0 Å². The maximum atomic E-state index is 13.7. The normalized spacial score (nSPS) is 17.0. The topological polar surface area (TPSA) is 66.2 Å². The fraction of sp³-hybridized carbons (Fsp3) is 0.316. The minimum atomic E-state index is -0.363. The molecule has 0 aliphatic carbocycles. The first-order valence-corrected chi connectivity index (χ1v) is 8.19. The van der Waals surface area contributed by atoms with Crippen LogP contribution >= 0.6 is 0 Å². The Morgan fingerprint density at radius 2 is 2.24 bits per heavy atom. The van der Waals surface area contributed by atoms with Crippen LogP contribution in [0.5, 0.6) is 5.88 Å². The second kappa shape index (κ2) is 7.75. The molecule has 5 nitrogen and oxygen atoms in total. The molecule has 6 heteroatoms. The SMILES string of the molecule is N#Cc1ccnc(O[C@@H]2CCCN(C(=O)Cc3ccccc3F)C2)c1. The Bertz CT molecular complexity index is 803. The van der Waals surface area contributed by atoms with Gasteiger partial charge in [-0.3, -0.25) is 4.79 Å². The third-order valence-electron chi connectivity index (χ3n) is 4.18. The van der Waals surface area contributed by atoms with Crippen LogP contribution < -0.4 is 4.74 Å². The summed E-state index contributed by atoms with van der Waals surface area (Å²) in [5, 5.41) is 8.93. The van der Waals surface area contributed by atoms with Crippen LogP contribution in [0.2, 0.25) is 0 Å². The van der Waals surface area contributed by atoms with Crippen molar-refractivity contribution in [3.8, 4) is 11.9 Å². The number of benzene rings is 1. The van der Waals surface area contributed by atoms with Crippen LogP contribution in [0.15, 0.2) is 42.6 Å². The van der Waals surface area contributed by atoms with Crippen molar-refractivity contribution in [1.82, 2.24) is 9.88 Å². The number of amides is 1. The molecule has 2 aromatic rings. The number of rotatable bonds is 4. The largest absolute Gasteiger partial charge is 0.472 e. The molecule has 1 aromatic carbocycles. The third kappa shape index (κ3) is 4.32. The molecule has 3 rings (SSSR count). The zero-order chi connectivity index (χ0) is 17.6. The number of halogens is 1. The monoisotopic (exact) mass is 339 g/mol. The molecule has 25 heavy (non-hydrogen) atoms. The average Bonchev–Trinajstić information content (AvgIpc) is 2.64. The Balaban J connectivity index is 1.61. The molecule has 0 unspecified atom stereocenters. The summed E-state index contributed by atoms with van der Waals surface area (Å²) < 4.78 is 19.5. The fourth-order valence-corrected chi connectivity index (χ4v) is 2.89. The molecule has 1 aliphatic heterocycles. The molecule has 1 atom stereocenters. The number of nitriles is 1. The van der Waals surface area contributed by atoms with E-state index in [1.54, 1.807) is 35.2 Å². The Hall–Kier alpha value is -2.94. The number of aromatic nitrogens is 1. The molecule has 1 saturated heterocycles. The van der Waals surface area contributed by atoms with Crippen molar-refractivity contribution in [2.45, 2.75) is 25.4 Å². The van der Waals surface area contributed by atoms with E-state index < -0.39 is 0 Å². The van der Waals surface area contributed by atoms with Crippen molar-refractivity contribution in [3.63, 3.8) is 0 Å². The molecule has 1 aromatic heterocycles. The fourth-order valence-electron chi connectivity index (χ4n) is 2.89. The zero-order valence-electron chi connectivity index (χ0n) is 13.7. The van der Waals surface area contributed by atoms with Crippen molar-refractivity contribution in [2.75, 3.05) is 13.1 Å². The number of piperidine rings is 1. The van der Waals surface area contributed by atoms with Gasteiger partial charge in [-0.2, -0.15) is 5.26 Å². The van der Waals surface area contributed by atoms with Crippen LogP contribution in [0.1, 0.15) is 24.0 Å². The van der Waals surface area contributed by atoms with Gasteiger partial charge in [0.2, 0.25) is 11.8 Å². The molecule has 128 valence electrons. The molecular weight excluding hydrogens is 321 g/mol. The van der Waals surface area contributed by atoms with Crippen LogP contribution in [-0.4, -0.2) is 35.0 Å². The first kappa shape index (κ1) is 16.9. The van der Waals surface area contributed by atoms with E-state index in [4.69, 9.17) is 10.00 Å². The van der Waals surface area contributed by atoms with Gasteiger partial charge >= 0.3 is 0 Å². The van der Waals surface area contributed by atoms with E-state index in [2.05, 4.69) is 4.98 Å². The van der Waals surface area contributed by atoms with E-state index >= 15 is 0 Å². The van der Waals surface area contributed by atoms with Crippen LogP contribution in [0.4, 0.5) is 4.39 Å². The maximum absolute atomic E-state index is 13.7. The lowest BCUT2D eigenvalue weighted by molar-refractivity contribution is -0.133. The predicted molar refractivity (Wildman–Crippen MR) is 89.3 cm³/mol. The lowest BCUT2D eigenvalue weighted by Gasteiger charge is -2.32. The van der Waals surface area contributed by atoms with Crippen LogP contribution in [-0.2, 0) is 11.2 Å². The molecule has 0 bridgehead atoms. The second-order valence-electron chi connectivity index (χ2n) is 5.98. The Kier molecular flexibility index (Phi) is 5.24. The second-order valence-corrected chi connectivity index (χ2v) is 5.98. The average molecular weight is 339 g/mol. The number of likely N-dealkylation sites (tertiary alicyclic amines) is 1. The minimum Gasteiger partial charge on any atom is -0.472 e. The van der Waals surface area contributed by atoms with Gasteiger partial charge in [-0.05, 0) is 30.5 Å². The molecule has 1 amide bonds. The van der Waals surface area contributed by atoms with E-state index in [-0.39, 0.29) is 24.2 Å². The number of hydrogen-bond donors (Lipinski definition) is 0. The summed E-state index contributed by atoms with van der Waals surface area (Å²) >= 11 is 0. The van der Waals surface area contributed by atoms with Gasteiger partial charge in [0, 0.05) is 18.8 Å². The summed E-state index contributed by atoms with van der Waals surface area (Å²) in [5.74, 6) is -0.0947. The summed E-state index contributed by atoms with van der Waals surface area (Å²) in [7, 11) is 0. The van der Waals surface area contributed by atoms with Crippen LogP contribution in [0, 0.1) is 17.1 Å². The van der Waals surface area contributed by atoms with E-state index in [1.165, 1.54) is 12.3 Å². The van der Waals surface area contributed by atoms with Crippen molar-refractivity contribution < 1.29 is 13.9 Å². The van der Waals surface area contributed by atoms with Crippen molar-refractivity contribution in [3.05, 3.63) is 59.5 Å². The van der Waals surface area contributed by atoms with Gasteiger partial charge in [0.1, 0.15) is 11.9 Å². The molecule has 0 radical (unpaired) electrons. The van der Waals surface area contributed by atoms with E-state index in [1.807, 2.05) is 6.07 Å². The highest BCUT2D eigenvalue weighted by Crippen LogP contribution is 2.19. The molecule has 1 fully saturated rings. The van der Waals surface area contributed by atoms with Crippen molar-refractivity contribution in [1.29, 1.82) is 5.26 Å². The minimum absolute atomic E-state index is 0.0432. The number of hydrogen-bond acceptors (Lipinski definition) is 4. The summed E-state index contributed by atoms with van der Waals surface area (Å²) in [5.41, 5.74) is 0.882. The molecular formula is C19H18FN3O2. The van der Waals surface area contributed by atoms with Gasteiger partial charge in [0.15, 0.2) is 0 Å². The maximum Gasteiger partial charge on any atom is 0.227 e. The Morgan fingerprint density at radius 3 is 3.04 bits per heavy atom. The Labute approximate surface area is 145 Å². The zero-order valence-corrected chi connectivity index (χ0v) is 13.7. The number of carbonyl (C=O) groups is 1. The highest BCUT2D eigenvalue weighted by atomic mass is 19.1. The first-order valence-electron chi connectivity index (χ1n) is 8.19. The summed E-state index contributed by atoms with van der Waals surface area (Å²) in [6, 6.07) is 11.6. The van der Waals surface area contributed by atoms with Gasteiger partial charge in [-0.1, -0.05) is 18.2 Å². The smallest absolute Gasteiger partial charge is 0.227 e. The highest BCUT2D eigenvalue weighted by Gasteiger charge is 2.25. The van der Waals surface area contributed by atoms with Crippen molar-refractivity contribution in [2.24, 2.45) is 0 Å². The number of carbonyl (C=O) groups excluding carboxylic acids is 1. The van der Waals surface area contributed by atoms with Gasteiger partial charge < -0.3 is 9.64 Å². The molecule has 0 saturated carbocycles. The quantitative estimate of drug-likeness (QED) is 0.859. The summed E-state index contributed by atoms with van der Waals surface area (Å²) in [4.78, 5) is 18.3. The summed E-state index contributed by atoms with van der Waals surface area (Å²) in [6.45, 7) is 1.07. The van der Waals surface area contributed by atoms with Gasteiger partial charge in [0.05, 0.1) is 24.6 Å². The number of ether oxygens (including phenoxy) is 1. The van der Waals surface area contributed by atoms with E-state index in [0.717, 1.165) is 12.8 Å². The van der Waals surface area contributed by atoms with E-state index in [9.17, 15) is 9.18 Å². The van der Waals surface area contributed by atoms with E-state index in [0.29, 0.717) is 30.1 Å². The van der Waals surface area contributed by atoms with Crippen LogP contribution in [0.25, 0.3) is 0 Å². The number of nitrogens with zero attached hydrogens (tertiary/aromatic N) is 3.